The van der Waals surface area contributed by atoms with E-state index >= 15 is 0 Å². The van der Waals surface area contributed by atoms with Crippen molar-refractivity contribution in [2.24, 2.45) is 0 Å². The third-order valence-corrected chi connectivity index (χ3v) is 6.01. The van der Waals surface area contributed by atoms with Crippen molar-refractivity contribution in [3.05, 3.63) is 88.8 Å². The summed E-state index contributed by atoms with van der Waals surface area (Å²) in [5.41, 5.74) is 2.53. The number of Topliss-reactive ketones (excluding diaryl/α,β-unsaturated/α-hetero) is 1. The Hall–Kier alpha value is -4.33. The van der Waals surface area contributed by atoms with Gasteiger partial charge in [0.15, 0.2) is 11.5 Å². The lowest BCUT2D eigenvalue weighted by Crippen LogP contribution is -2.29. The molecule has 1 saturated heterocycles. The van der Waals surface area contributed by atoms with Crippen molar-refractivity contribution in [3.63, 3.8) is 0 Å². The summed E-state index contributed by atoms with van der Waals surface area (Å²) < 4.78 is 16.1. The van der Waals surface area contributed by atoms with E-state index in [0.29, 0.717) is 28.4 Å². The first-order valence-electron chi connectivity index (χ1n) is 10.9. The topological polar surface area (TPSA) is 98.2 Å². The van der Waals surface area contributed by atoms with Gasteiger partial charge in [-0.3, -0.25) is 14.6 Å². The van der Waals surface area contributed by atoms with Crippen LogP contribution in [-0.2, 0) is 16.1 Å². The molecule has 0 aliphatic carbocycles. The Kier molecular flexibility index (Phi) is 6.73. The van der Waals surface area contributed by atoms with Gasteiger partial charge in [-0.1, -0.05) is 12.1 Å². The lowest BCUT2D eigenvalue weighted by molar-refractivity contribution is -0.140. The SMILES string of the molecule is COc1ccc(/C(O)=C2\C(=O)C(=O)N(Cc3cccnc3)[C@@H]2c2ccc(OC)c(OC)c2)cc1C. The quantitative estimate of drug-likeness (QED) is 0.314. The normalized spacial score (nSPS) is 16.9. The number of nitrogens with zero attached hydrogens (tertiary/aromatic N) is 2. The Morgan fingerprint density at radius 2 is 1.69 bits per heavy atom. The van der Waals surface area contributed by atoms with Gasteiger partial charge in [-0.25, -0.2) is 0 Å². The Morgan fingerprint density at radius 1 is 0.971 bits per heavy atom. The van der Waals surface area contributed by atoms with Gasteiger partial charge in [0.1, 0.15) is 11.5 Å². The molecule has 2 heterocycles. The molecule has 1 atom stereocenters. The molecule has 1 amide bonds. The van der Waals surface area contributed by atoms with E-state index in [1.54, 1.807) is 62.0 Å². The zero-order valence-electron chi connectivity index (χ0n) is 19.9. The van der Waals surface area contributed by atoms with E-state index in [9.17, 15) is 14.7 Å². The van der Waals surface area contributed by atoms with Crippen LogP contribution in [0.3, 0.4) is 0 Å². The van der Waals surface area contributed by atoms with Gasteiger partial charge in [0.05, 0.1) is 32.9 Å². The molecule has 1 aliphatic rings. The maximum Gasteiger partial charge on any atom is 0.295 e. The fourth-order valence-corrected chi connectivity index (χ4v) is 4.28. The number of hydrogen-bond acceptors (Lipinski definition) is 7. The molecule has 0 unspecified atom stereocenters. The van der Waals surface area contributed by atoms with E-state index < -0.39 is 17.7 Å². The summed E-state index contributed by atoms with van der Waals surface area (Å²) in [6.07, 6.45) is 3.27. The molecule has 8 heteroatoms. The highest BCUT2D eigenvalue weighted by atomic mass is 16.5. The molecule has 0 spiro atoms. The Labute approximate surface area is 203 Å². The highest BCUT2D eigenvalue weighted by Crippen LogP contribution is 2.42. The van der Waals surface area contributed by atoms with Crippen molar-refractivity contribution in [1.29, 1.82) is 0 Å². The number of pyridine rings is 1. The molecule has 1 fully saturated rings. The minimum absolute atomic E-state index is 0.00400. The summed E-state index contributed by atoms with van der Waals surface area (Å²) in [6.45, 7) is 1.97. The molecule has 35 heavy (non-hydrogen) atoms. The van der Waals surface area contributed by atoms with Crippen LogP contribution in [0.2, 0.25) is 0 Å². The van der Waals surface area contributed by atoms with Crippen LogP contribution >= 0.6 is 0 Å². The zero-order valence-corrected chi connectivity index (χ0v) is 19.9. The molecule has 0 saturated carbocycles. The third kappa shape index (κ3) is 4.42. The molecule has 0 bridgehead atoms. The van der Waals surface area contributed by atoms with E-state index in [1.165, 1.54) is 19.1 Å². The second kappa shape index (κ2) is 9.89. The molecule has 0 radical (unpaired) electrons. The molecule has 1 aromatic heterocycles. The van der Waals surface area contributed by atoms with Gasteiger partial charge in [-0.15, -0.1) is 0 Å². The summed E-state index contributed by atoms with van der Waals surface area (Å²) in [4.78, 5) is 32.1. The first-order chi connectivity index (χ1) is 16.9. The summed E-state index contributed by atoms with van der Waals surface area (Å²) in [5.74, 6) is -0.138. The zero-order chi connectivity index (χ0) is 25.1. The standard InChI is InChI=1S/C27H26N2O6/c1-16-12-19(8-9-20(16)33-2)25(30)23-24(18-7-10-21(34-3)22(13-18)35-4)29(27(32)26(23)31)15-17-6-5-11-28-14-17/h5-14,24,30H,15H2,1-4H3/b25-23+/t24-/m1/s1. The summed E-state index contributed by atoms with van der Waals surface area (Å²) in [7, 11) is 4.59. The van der Waals surface area contributed by atoms with E-state index in [4.69, 9.17) is 14.2 Å². The van der Waals surface area contributed by atoms with E-state index in [0.717, 1.165) is 11.1 Å². The smallest absolute Gasteiger partial charge is 0.295 e. The number of aliphatic hydroxyl groups excluding tert-OH is 1. The Balaban J connectivity index is 1.90. The van der Waals surface area contributed by atoms with Crippen LogP contribution in [0.1, 0.15) is 28.3 Å². The second-order valence-electron chi connectivity index (χ2n) is 8.09. The third-order valence-electron chi connectivity index (χ3n) is 6.01. The number of aromatic nitrogens is 1. The highest BCUT2D eigenvalue weighted by molar-refractivity contribution is 6.46. The Morgan fingerprint density at radius 3 is 2.31 bits per heavy atom. The summed E-state index contributed by atoms with van der Waals surface area (Å²) in [6, 6.07) is 13.0. The highest BCUT2D eigenvalue weighted by Gasteiger charge is 2.46. The van der Waals surface area contributed by atoms with Crippen molar-refractivity contribution >= 4 is 17.4 Å². The molecular weight excluding hydrogens is 448 g/mol. The van der Waals surface area contributed by atoms with Gasteiger partial charge in [0.2, 0.25) is 0 Å². The maximum absolute atomic E-state index is 13.3. The average molecular weight is 475 g/mol. The van der Waals surface area contributed by atoms with Crippen LogP contribution in [0.5, 0.6) is 17.2 Å². The number of carbonyl (C=O) groups is 2. The molecule has 4 rings (SSSR count). The average Bonchev–Trinajstić information content (AvgIpc) is 3.13. The number of rotatable bonds is 7. The lowest BCUT2D eigenvalue weighted by atomic mass is 9.94. The van der Waals surface area contributed by atoms with Crippen LogP contribution in [0.4, 0.5) is 0 Å². The van der Waals surface area contributed by atoms with Crippen LogP contribution in [0.25, 0.3) is 5.76 Å². The van der Waals surface area contributed by atoms with Gasteiger partial charge >= 0.3 is 0 Å². The van der Waals surface area contributed by atoms with E-state index in [1.807, 2.05) is 13.0 Å². The molecule has 2 aromatic carbocycles. The van der Waals surface area contributed by atoms with Gasteiger partial charge in [-0.05, 0) is 60.0 Å². The molecule has 1 aliphatic heterocycles. The van der Waals surface area contributed by atoms with Crippen molar-refractivity contribution in [1.82, 2.24) is 9.88 Å². The lowest BCUT2D eigenvalue weighted by Gasteiger charge is -2.26. The minimum atomic E-state index is -0.850. The number of carbonyl (C=O) groups excluding carboxylic acids is 2. The fraction of sp³-hybridized carbons (Fsp3) is 0.222. The molecule has 1 N–H and O–H groups in total. The number of likely N-dealkylation sites (tertiary alicyclic amines) is 1. The first-order valence-corrected chi connectivity index (χ1v) is 10.9. The van der Waals surface area contributed by atoms with Crippen LogP contribution < -0.4 is 14.2 Å². The summed E-state index contributed by atoms with van der Waals surface area (Å²) >= 11 is 0. The number of amides is 1. The van der Waals surface area contributed by atoms with Gasteiger partial charge in [-0.2, -0.15) is 0 Å². The van der Waals surface area contributed by atoms with Crippen LogP contribution in [0, 0.1) is 6.92 Å². The number of methoxy groups -OCH3 is 3. The van der Waals surface area contributed by atoms with Crippen molar-refractivity contribution in [2.75, 3.05) is 21.3 Å². The largest absolute Gasteiger partial charge is 0.507 e. The second-order valence-corrected chi connectivity index (χ2v) is 8.09. The molecular formula is C27H26N2O6. The monoisotopic (exact) mass is 474 g/mol. The van der Waals surface area contributed by atoms with Gasteiger partial charge < -0.3 is 24.2 Å². The van der Waals surface area contributed by atoms with Crippen molar-refractivity contribution in [2.45, 2.75) is 19.5 Å². The van der Waals surface area contributed by atoms with E-state index in [-0.39, 0.29) is 17.9 Å². The number of ether oxygens (including phenoxy) is 3. The van der Waals surface area contributed by atoms with Crippen molar-refractivity contribution in [3.8, 4) is 17.2 Å². The molecule has 180 valence electrons. The number of aliphatic hydroxyl groups is 1. The fourth-order valence-electron chi connectivity index (χ4n) is 4.28. The van der Waals surface area contributed by atoms with Gasteiger partial charge in [0.25, 0.3) is 11.7 Å². The first kappa shape index (κ1) is 23.8. The van der Waals surface area contributed by atoms with Crippen LogP contribution in [0.15, 0.2) is 66.5 Å². The van der Waals surface area contributed by atoms with Gasteiger partial charge in [0, 0.05) is 24.5 Å². The van der Waals surface area contributed by atoms with Crippen molar-refractivity contribution < 1.29 is 28.9 Å². The Bertz CT molecular complexity index is 1300. The number of benzene rings is 2. The maximum atomic E-state index is 13.3. The number of hydrogen-bond donors (Lipinski definition) is 1. The molecule has 8 nitrogen and oxygen atoms in total. The number of ketones is 1. The number of aryl methyl sites for hydroxylation is 1. The minimum Gasteiger partial charge on any atom is -0.507 e. The predicted molar refractivity (Wildman–Crippen MR) is 129 cm³/mol. The van der Waals surface area contributed by atoms with Crippen LogP contribution in [-0.4, -0.2) is 48.0 Å². The van der Waals surface area contributed by atoms with E-state index in [2.05, 4.69) is 4.98 Å². The molecule has 3 aromatic rings. The summed E-state index contributed by atoms with van der Waals surface area (Å²) in [5, 5.41) is 11.3. The predicted octanol–water partition coefficient (Wildman–Crippen LogP) is 4.04.